The first-order valence-corrected chi connectivity index (χ1v) is 14.6. The fraction of sp³-hybridized carbons (Fsp3) is 0.688. The van der Waals surface area contributed by atoms with Crippen LogP contribution in [0, 0.1) is 23.7 Å². The lowest BCUT2D eigenvalue weighted by atomic mass is 9.74. The number of alkyl carbamates (subject to hydrolysis) is 1. The largest absolute Gasteiger partial charge is 0.493 e. The van der Waals surface area contributed by atoms with Crippen molar-refractivity contribution in [1.29, 1.82) is 0 Å². The molecule has 5 unspecified atom stereocenters. The second-order valence-electron chi connectivity index (χ2n) is 12.3. The summed E-state index contributed by atoms with van der Waals surface area (Å²) in [4.78, 5) is 36.5. The van der Waals surface area contributed by atoms with Crippen molar-refractivity contribution in [2.24, 2.45) is 23.7 Å². The second kappa shape index (κ2) is 17.8. The Balaban J connectivity index is 3.48. The quantitative estimate of drug-likeness (QED) is 0.154. The van der Waals surface area contributed by atoms with Crippen LogP contribution in [0.3, 0.4) is 0 Å². The summed E-state index contributed by atoms with van der Waals surface area (Å²) < 4.78 is 22.0. The van der Waals surface area contributed by atoms with E-state index in [0.717, 1.165) is 5.56 Å². The van der Waals surface area contributed by atoms with Gasteiger partial charge in [0, 0.05) is 32.1 Å². The number of methoxy groups -OCH3 is 2. The molecule has 3 N–H and O–H groups in total. The summed E-state index contributed by atoms with van der Waals surface area (Å²) in [5.41, 5.74) is 0.0000865. The Morgan fingerprint density at radius 3 is 2.19 bits per heavy atom. The van der Waals surface area contributed by atoms with Crippen LogP contribution in [0.5, 0.6) is 11.5 Å². The average Bonchev–Trinajstić information content (AvgIpc) is 2.89. The zero-order valence-corrected chi connectivity index (χ0v) is 26.6. The number of carbonyl (C=O) groups excluding carboxylic acids is 2. The average molecular weight is 594 g/mol. The Morgan fingerprint density at radius 1 is 1.02 bits per heavy atom. The smallest absolute Gasteiger partial charge is 0.407 e. The summed E-state index contributed by atoms with van der Waals surface area (Å²) in [5, 5.41) is 23.9. The molecule has 0 aliphatic rings. The number of aliphatic carboxylic acids is 1. The molecule has 1 aromatic rings. The predicted octanol–water partition coefficient (Wildman–Crippen LogP) is 5.25. The van der Waals surface area contributed by atoms with Crippen molar-refractivity contribution in [3.05, 3.63) is 29.8 Å². The number of hydrogen-bond acceptors (Lipinski definition) is 8. The Labute approximate surface area is 250 Å². The number of benzene rings is 1. The molecule has 1 amide bonds. The maximum absolute atomic E-state index is 12.8. The monoisotopic (exact) mass is 593 g/mol. The molecular weight excluding hydrogens is 542 g/mol. The molecule has 42 heavy (non-hydrogen) atoms. The molecule has 0 bridgehead atoms. The molecule has 10 nitrogen and oxygen atoms in total. The molecule has 0 aliphatic heterocycles. The third-order valence-corrected chi connectivity index (χ3v) is 7.20. The van der Waals surface area contributed by atoms with Crippen LogP contribution in [-0.2, 0) is 19.1 Å². The molecule has 0 radical (unpaired) electrons. The molecule has 238 valence electrons. The van der Waals surface area contributed by atoms with Gasteiger partial charge in [0.15, 0.2) is 11.5 Å². The van der Waals surface area contributed by atoms with Gasteiger partial charge in [-0.2, -0.15) is 0 Å². The summed E-state index contributed by atoms with van der Waals surface area (Å²) in [5.74, 6) is 0.199. The Kier molecular flexibility index (Phi) is 15.6. The molecule has 0 fully saturated rings. The summed E-state index contributed by atoms with van der Waals surface area (Å²) in [6, 6.07) is 4.60. The highest BCUT2D eigenvalue weighted by Gasteiger charge is 2.35. The van der Waals surface area contributed by atoms with Crippen molar-refractivity contribution in [2.75, 3.05) is 27.4 Å². The minimum Gasteiger partial charge on any atom is -0.493 e. The Hall–Kier alpha value is -3.07. The zero-order chi connectivity index (χ0) is 32.0. The van der Waals surface area contributed by atoms with Gasteiger partial charge in [-0.1, -0.05) is 33.8 Å². The highest BCUT2D eigenvalue weighted by atomic mass is 16.6. The standard InChI is InChI=1S/C32H51NO9/c1-20(2)24(23(13-14-34)22-11-12-28(40-9)29(17-22)41-16-10-15-39-8)18-26(33-31(38)42-32(5,6)7)27(35)19-25(21(3)4)30(36)37/h11-13,17,20-21,23-27,35H,10,15-16,18-19H2,1-9H3,(H,33,38)(H,36,37). The van der Waals surface area contributed by atoms with Crippen LogP contribution in [-0.4, -0.2) is 73.4 Å². The number of amides is 1. The zero-order valence-electron chi connectivity index (χ0n) is 26.6. The summed E-state index contributed by atoms with van der Waals surface area (Å²) in [6.45, 7) is 13.7. The third-order valence-electron chi connectivity index (χ3n) is 7.20. The minimum absolute atomic E-state index is 0.0109. The lowest BCUT2D eigenvalue weighted by molar-refractivity contribution is -0.144. The van der Waals surface area contributed by atoms with Gasteiger partial charge in [-0.05, 0) is 69.1 Å². The molecule has 0 heterocycles. The van der Waals surface area contributed by atoms with Crippen LogP contribution in [0.25, 0.3) is 0 Å². The van der Waals surface area contributed by atoms with E-state index in [1.165, 1.54) is 6.08 Å². The maximum atomic E-state index is 12.8. The number of aliphatic hydroxyl groups is 1. The van der Waals surface area contributed by atoms with Crippen LogP contribution >= 0.6 is 0 Å². The van der Waals surface area contributed by atoms with Crippen LogP contribution < -0.4 is 14.8 Å². The highest BCUT2D eigenvalue weighted by Crippen LogP contribution is 2.39. The van der Waals surface area contributed by atoms with Gasteiger partial charge in [0.1, 0.15) is 11.5 Å². The molecule has 1 rings (SSSR count). The number of ether oxygens (including phenoxy) is 4. The number of carbonyl (C=O) groups is 2. The van der Waals surface area contributed by atoms with E-state index >= 15 is 0 Å². The molecule has 0 aliphatic carbocycles. The minimum atomic E-state index is -1.18. The number of aliphatic hydroxyl groups excluding tert-OH is 1. The highest BCUT2D eigenvalue weighted by molar-refractivity contribution is 5.70. The van der Waals surface area contributed by atoms with E-state index in [-0.39, 0.29) is 30.6 Å². The first kappa shape index (κ1) is 37.0. The molecule has 10 heteroatoms. The first-order valence-electron chi connectivity index (χ1n) is 14.6. The van der Waals surface area contributed by atoms with Crippen LogP contribution in [0.2, 0.25) is 0 Å². The SMILES string of the molecule is COCCCOc1cc(C(C=C=O)C(CC(NC(=O)OC(C)(C)C)C(O)CC(C(=O)O)C(C)C)C(C)C)ccc1OC. The van der Waals surface area contributed by atoms with E-state index in [0.29, 0.717) is 31.1 Å². The topological polar surface area (TPSA) is 141 Å². The van der Waals surface area contributed by atoms with Crippen LogP contribution in [0.4, 0.5) is 4.79 Å². The van der Waals surface area contributed by atoms with E-state index in [4.69, 9.17) is 18.9 Å². The van der Waals surface area contributed by atoms with Crippen LogP contribution in [0.15, 0.2) is 24.3 Å². The van der Waals surface area contributed by atoms with Gasteiger partial charge < -0.3 is 34.5 Å². The number of hydrogen-bond donors (Lipinski definition) is 3. The third kappa shape index (κ3) is 12.4. The first-order chi connectivity index (χ1) is 19.6. The van der Waals surface area contributed by atoms with Crippen molar-refractivity contribution >= 4 is 18.0 Å². The normalized spacial score (nSPS) is 15.2. The summed E-state index contributed by atoms with van der Waals surface area (Å²) in [7, 11) is 3.17. The van der Waals surface area contributed by atoms with Gasteiger partial charge in [0.2, 0.25) is 0 Å². The maximum Gasteiger partial charge on any atom is 0.407 e. The number of carboxylic acids is 1. The molecule has 0 spiro atoms. The molecule has 5 atom stereocenters. The van der Waals surface area contributed by atoms with Crippen molar-refractivity contribution in [3.8, 4) is 11.5 Å². The fourth-order valence-corrected chi connectivity index (χ4v) is 4.92. The van der Waals surface area contributed by atoms with Crippen molar-refractivity contribution in [1.82, 2.24) is 5.32 Å². The van der Waals surface area contributed by atoms with Crippen molar-refractivity contribution in [3.63, 3.8) is 0 Å². The van der Waals surface area contributed by atoms with E-state index in [2.05, 4.69) is 5.32 Å². The molecule has 0 saturated carbocycles. The van der Waals surface area contributed by atoms with Crippen molar-refractivity contribution < 1.29 is 43.5 Å². The van der Waals surface area contributed by atoms with Gasteiger partial charge in [-0.3, -0.25) is 4.79 Å². The molecule has 0 aromatic heterocycles. The van der Waals surface area contributed by atoms with Crippen molar-refractivity contribution in [2.45, 2.75) is 91.4 Å². The Morgan fingerprint density at radius 2 is 1.69 bits per heavy atom. The van der Waals surface area contributed by atoms with E-state index < -0.39 is 41.6 Å². The fourth-order valence-electron chi connectivity index (χ4n) is 4.92. The number of nitrogens with one attached hydrogen (secondary N) is 1. The molecule has 1 aromatic carbocycles. The van der Waals surface area contributed by atoms with Gasteiger partial charge in [-0.15, -0.1) is 0 Å². The van der Waals surface area contributed by atoms with Gasteiger partial charge in [-0.25, -0.2) is 9.59 Å². The van der Waals surface area contributed by atoms with Crippen LogP contribution in [0.1, 0.15) is 79.2 Å². The predicted molar refractivity (Wildman–Crippen MR) is 161 cm³/mol. The van der Waals surface area contributed by atoms with Gasteiger partial charge in [0.05, 0.1) is 31.8 Å². The van der Waals surface area contributed by atoms with E-state index in [9.17, 15) is 24.6 Å². The second-order valence-corrected chi connectivity index (χ2v) is 12.3. The Bertz CT molecular complexity index is 1030. The van der Waals surface area contributed by atoms with Gasteiger partial charge >= 0.3 is 12.1 Å². The van der Waals surface area contributed by atoms with E-state index in [1.54, 1.807) is 54.9 Å². The number of allylic oxidation sites excluding steroid dienone is 1. The molecule has 0 saturated heterocycles. The molecular formula is C32H51NO9. The van der Waals surface area contributed by atoms with E-state index in [1.807, 2.05) is 31.9 Å². The summed E-state index contributed by atoms with van der Waals surface area (Å²) in [6.07, 6.45) is 0.393. The number of carboxylic acid groups (broad SMARTS) is 1. The lowest BCUT2D eigenvalue weighted by Crippen LogP contribution is -2.48. The number of rotatable bonds is 18. The van der Waals surface area contributed by atoms with Gasteiger partial charge in [0.25, 0.3) is 0 Å². The summed E-state index contributed by atoms with van der Waals surface area (Å²) >= 11 is 0. The lowest BCUT2D eigenvalue weighted by Gasteiger charge is -2.35.